The van der Waals surface area contributed by atoms with Crippen LogP contribution in [0.25, 0.3) is 6.08 Å². The molecule has 0 aromatic heterocycles. The summed E-state index contributed by atoms with van der Waals surface area (Å²) in [5.74, 6) is -1.91. The lowest BCUT2D eigenvalue weighted by Crippen LogP contribution is -2.60. The van der Waals surface area contributed by atoms with Gasteiger partial charge in [0.05, 0.1) is 32.0 Å². The van der Waals surface area contributed by atoms with Crippen molar-refractivity contribution in [3.63, 3.8) is 0 Å². The Hall–Kier alpha value is -3.62. The highest BCUT2D eigenvalue weighted by atomic mass is 16.7. The molecule has 0 spiro atoms. The summed E-state index contributed by atoms with van der Waals surface area (Å²) >= 11 is 0. The molecular formula is C28H35O17+. The Morgan fingerprint density at radius 3 is 1.84 bits per heavy atom. The molecule has 1 unspecified atom stereocenters. The van der Waals surface area contributed by atoms with E-state index in [9.17, 15) is 56.2 Å². The molecule has 5 rings (SSSR count). The molecule has 2 fully saturated rings. The van der Waals surface area contributed by atoms with Crippen molar-refractivity contribution in [3.8, 4) is 34.5 Å². The second-order valence-corrected chi connectivity index (χ2v) is 10.7. The lowest BCUT2D eigenvalue weighted by atomic mass is 9.98. The van der Waals surface area contributed by atoms with Crippen LogP contribution in [-0.2, 0) is 14.2 Å². The van der Waals surface area contributed by atoms with Gasteiger partial charge in [-0.3, -0.25) is 0 Å². The summed E-state index contributed by atoms with van der Waals surface area (Å²) in [6, 6.07) is 4.83. The molecule has 17 nitrogen and oxygen atoms in total. The average molecular weight is 644 g/mol. The number of hydrogen-bond acceptors (Lipinski definition) is 16. The number of methoxy groups -OCH3 is 1. The van der Waals surface area contributed by atoms with E-state index in [1.54, 1.807) is 0 Å². The van der Waals surface area contributed by atoms with Crippen LogP contribution in [0.1, 0.15) is 17.2 Å². The Morgan fingerprint density at radius 1 is 0.711 bits per heavy atom. The van der Waals surface area contributed by atoms with Gasteiger partial charge in [0, 0.05) is 12.1 Å². The van der Waals surface area contributed by atoms with E-state index < -0.39 is 92.2 Å². The van der Waals surface area contributed by atoms with Gasteiger partial charge in [0.25, 0.3) is 11.9 Å². The molecule has 0 saturated carbocycles. The highest BCUT2D eigenvalue weighted by molar-refractivity contribution is 5.70. The van der Waals surface area contributed by atoms with Crippen LogP contribution >= 0.6 is 0 Å². The molecular weight excluding hydrogens is 608 g/mol. The van der Waals surface area contributed by atoms with Crippen LogP contribution in [0.3, 0.4) is 0 Å². The fourth-order valence-electron chi connectivity index (χ4n) is 5.22. The normalized spacial score (nSPS) is 34.7. The number of hydrogen-bond donors (Lipinski definition) is 11. The first-order chi connectivity index (χ1) is 21.4. The second kappa shape index (κ2) is 13.0. The minimum Gasteiger partial charge on any atom is -0.571 e. The maximum Gasteiger partial charge on any atom is 0.270 e. The van der Waals surface area contributed by atoms with E-state index >= 15 is 0 Å². The van der Waals surface area contributed by atoms with Gasteiger partial charge in [0.2, 0.25) is 18.3 Å². The molecule has 3 aliphatic rings. The maximum absolute atomic E-state index is 10.6. The minimum absolute atomic E-state index is 0.0623. The van der Waals surface area contributed by atoms with Crippen LogP contribution in [0.5, 0.6) is 34.5 Å². The Balaban J connectivity index is 1.57. The number of phenols is 3. The fraction of sp³-hybridized carbons (Fsp3) is 0.500. The molecule has 0 radical (unpaired) electrons. The molecule has 45 heavy (non-hydrogen) atoms. The predicted molar refractivity (Wildman–Crippen MR) is 146 cm³/mol. The number of aliphatic hydroxyl groups is 9. The Morgan fingerprint density at radius 2 is 1.29 bits per heavy atom. The van der Waals surface area contributed by atoms with Crippen LogP contribution in [0.15, 0.2) is 30.0 Å². The third-order valence-electron chi connectivity index (χ3n) is 7.73. The standard InChI is InChI=1S/C28H34O17/c1-40-15-3-9(2-12(32)19(15)33)26-16(43-28-25(39)23(37)21(35)18(8-30)45-28)6-11-13(41-26)4-10(31)5-14(11)42-27-24(38)22(36)20(34)17(7-29)44-27/h2-6,17-18,20-39H,7-8H2,1H3/p+1/t17-,18-,20-,21-,22+,23+,24-,25-,26?,27-,28-/m1/s1. The summed E-state index contributed by atoms with van der Waals surface area (Å²) in [6.45, 7) is -1.46. The smallest absolute Gasteiger partial charge is 0.270 e. The zero-order valence-electron chi connectivity index (χ0n) is 23.6. The number of fused-ring (bicyclic) bond motifs is 1. The van der Waals surface area contributed by atoms with E-state index in [4.69, 9.17) is 23.7 Å². The molecule has 0 bridgehead atoms. The average Bonchev–Trinajstić information content (AvgIpc) is 3.02. The van der Waals surface area contributed by atoms with Crippen molar-refractivity contribution in [2.24, 2.45) is 0 Å². The number of aliphatic hydroxyl groups excluding tert-OH is 8. The molecule has 2 aromatic carbocycles. The van der Waals surface area contributed by atoms with E-state index in [0.717, 1.165) is 12.1 Å². The summed E-state index contributed by atoms with van der Waals surface area (Å²) in [7, 11) is 1.24. The van der Waals surface area contributed by atoms with Gasteiger partial charge in [-0.15, -0.1) is 0 Å². The van der Waals surface area contributed by atoms with Crippen molar-refractivity contribution < 1.29 is 84.6 Å². The highest BCUT2D eigenvalue weighted by Crippen LogP contribution is 2.48. The molecule has 0 amide bonds. The molecule has 11 atom stereocenters. The Labute approximate surface area is 254 Å². The summed E-state index contributed by atoms with van der Waals surface area (Å²) in [4.78, 5) is 0. The lowest BCUT2D eigenvalue weighted by molar-refractivity contribution is -0.295. The quantitative estimate of drug-likeness (QED) is 0.102. The lowest BCUT2D eigenvalue weighted by Gasteiger charge is -2.40. The minimum atomic E-state index is -1.82. The number of ether oxygens (including phenoxy) is 6. The van der Waals surface area contributed by atoms with Crippen LogP contribution in [0, 0.1) is 0 Å². The first-order valence-corrected chi connectivity index (χ1v) is 13.7. The van der Waals surface area contributed by atoms with Gasteiger partial charge < -0.3 is 84.6 Å². The molecule has 0 aliphatic carbocycles. The van der Waals surface area contributed by atoms with E-state index in [1.807, 2.05) is 0 Å². The Bertz CT molecular complexity index is 1400. The SMILES string of the molecule is COc1cc(C2[OH+]c3cc(O)cc(O[C@@H]4O[C@H](CO)[C@@H](O)[C@H](O)[C@H]4O)c3C=C2O[C@@H]2O[C@H](CO)[C@@H](O)[C@H](O)[C@H]2O)cc(O)c1O. The molecule has 12 N–H and O–H groups in total. The van der Waals surface area contributed by atoms with Gasteiger partial charge >= 0.3 is 0 Å². The van der Waals surface area contributed by atoms with Gasteiger partial charge in [-0.1, -0.05) is 0 Å². The zero-order valence-corrected chi connectivity index (χ0v) is 23.6. The van der Waals surface area contributed by atoms with Gasteiger partial charge in [-0.25, -0.2) is 0 Å². The number of phenolic OH excluding ortho intramolecular Hbond substituents is 3. The predicted octanol–water partition coefficient (Wildman–Crippen LogP) is -2.86. The third kappa shape index (κ3) is 6.15. The van der Waals surface area contributed by atoms with Crippen LogP contribution in [-0.4, -0.2) is 143 Å². The maximum atomic E-state index is 10.6. The van der Waals surface area contributed by atoms with Crippen LogP contribution < -0.4 is 9.47 Å². The fourth-order valence-corrected chi connectivity index (χ4v) is 5.22. The zero-order chi connectivity index (χ0) is 32.7. The van der Waals surface area contributed by atoms with E-state index in [-0.39, 0.29) is 39.9 Å². The van der Waals surface area contributed by atoms with E-state index in [0.29, 0.717) is 0 Å². The van der Waals surface area contributed by atoms with E-state index in [2.05, 4.69) is 4.74 Å². The van der Waals surface area contributed by atoms with Crippen molar-refractivity contribution in [1.82, 2.24) is 0 Å². The summed E-state index contributed by atoms with van der Waals surface area (Å²) in [5, 5.41) is 112. The van der Waals surface area contributed by atoms with E-state index in [1.165, 1.54) is 25.3 Å². The van der Waals surface area contributed by atoms with Gasteiger partial charge in [0.15, 0.2) is 17.3 Å². The van der Waals surface area contributed by atoms with Crippen LogP contribution in [0.2, 0.25) is 0 Å². The first-order valence-electron chi connectivity index (χ1n) is 13.7. The summed E-state index contributed by atoms with van der Waals surface area (Å²) in [5.41, 5.74) is 0.263. The number of aromatic hydroxyl groups is 4. The number of rotatable bonds is 8. The van der Waals surface area contributed by atoms with Crippen molar-refractivity contribution in [3.05, 3.63) is 41.2 Å². The number of benzene rings is 2. The van der Waals surface area contributed by atoms with Crippen molar-refractivity contribution >= 4 is 6.08 Å². The second-order valence-electron chi connectivity index (χ2n) is 10.7. The van der Waals surface area contributed by atoms with Crippen molar-refractivity contribution in [1.29, 1.82) is 0 Å². The van der Waals surface area contributed by atoms with Gasteiger partial charge in [-0.2, -0.15) is 0 Å². The summed E-state index contributed by atoms with van der Waals surface area (Å²) < 4.78 is 32.4. The summed E-state index contributed by atoms with van der Waals surface area (Å²) in [6.07, 6.45) is -16.3. The molecule has 2 aromatic rings. The molecule has 3 aliphatic heterocycles. The first kappa shape index (κ1) is 32.8. The Kier molecular flexibility index (Phi) is 9.47. The third-order valence-corrected chi connectivity index (χ3v) is 7.73. The molecule has 17 heteroatoms. The monoisotopic (exact) mass is 643 g/mol. The molecule has 2 saturated heterocycles. The highest BCUT2D eigenvalue weighted by Gasteiger charge is 2.48. The largest absolute Gasteiger partial charge is 0.571 e. The molecule has 3 heterocycles. The van der Waals surface area contributed by atoms with Crippen molar-refractivity contribution in [2.75, 3.05) is 20.3 Å². The van der Waals surface area contributed by atoms with Gasteiger partial charge in [-0.05, 0) is 12.1 Å². The van der Waals surface area contributed by atoms with Crippen LogP contribution in [0.4, 0.5) is 0 Å². The van der Waals surface area contributed by atoms with Crippen molar-refractivity contribution in [2.45, 2.75) is 67.5 Å². The topological polar surface area (TPSA) is 281 Å². The van der Waals surface area contributed by atoms with Gasteiger partial charge in [0.1, 0.15) is 65.9 Å². The molecule has 248 valence electrons.